The van der Waals surface area contributed by atoms with E-state index in [9.17, 15) is 0 Å². The van der Waals surface area contributed by atoms with Crippen molar-refractivity contribution >= 4 is 55.5 Å². The van der Waals surface area contributed by atoms with Crippen molar-refractivity contribution < 1.29 is 0 Å². The first-order chi connectivity index (χ1) is 8.75. The summed E-state index contributed by atoms with van der Waals surface area (Å²) in [5, 5.41) is 8.38. The van der Waals surface area contributed by atoms with Gasteiger partial charge in [-0.3, -0.25) is 0 Å². The van der Waals surface area contributed by atoms with Gasteiger partial charge in [0.15, 0.2) is 0 Å². The maximum absolute atomic E-state index is 6.38. The highest BCUT2D eigenvalue weighted by molar-refractivity contribution is 6.46. The summed E-state index contributed by atoms with van der Waals surface area (Å²) in [6.45, 7) is 0. The Hall–Kier alpha value is -1.50. The van der Waals surface area contributed by atoms with Gasteiger partial charge in [-0.25, -0.2) is 0 Å². The normalized spacial score (nSPS) is 11.9. The zero-order chi connectivity index (χ0) is 12.3. The van der Waals surface area contributed by atoms with E-state index < -0.39 is 0 Å². The Morgan fingerprint density at radius 3 is 2.06 bits per heavy atom. The molecule has 0 unspecified atom stereocenters. The molecule has 0 radical (unpaired) electrons. The largest absolute Gasteiger partial charge is 0.0836 e. The molecule has 0 N–H and O–H groups in total. The molecule has 0 aromatic heterocycles. The molecule has 0 aliphatic rings. The molecule has 0 saturated heterocycles. The van der Waals surface area contributed by atoms with Gasteiger partial charge in [-0.15, -0.1) is 0 Å². The minimum Gasteiger partial charge on any atom is -0.0836 e. The zero-order valence-electron chi connectivity index (χ0n) is 9.37. The topological polar surface area (TPSA) is 0 Å². The molecule has 0 nitrogen and oxygen atoms in total. The Morgan fingerprint density at radius 2 is 1.22 bits per heavy atom. The Morgan fingerprint density at radius 1 is 0.556 bits per heavy atom. The van der Waals surface area contributed by atoms with Gasteiger partial charge in [0, 0.05) is 15.8 Å². The van der Waals surface area contributed by atoms with E-state index >= 15 is 0 Å². The van der Waals surface area contributed by atoms with Gasteiger partial charge in [-0.1, -0.05) is 59.6 Å². The highest BCUT2D eigenvalue weighted by Crippen LogP contribution is 2.41. The third-order valence-electron chi connectivity index (χ3n) is 3.53. The monoisotopic (exact) mass is 270 g/mol. The SMILES string of the molecule is Clc1ccc2ccc3cccc4cc(Cl)c1c2c34. The smallest absolute Gasteiger partial charge is 0.0506 e. The van der Waals surface area contributed by atoms with Crippen molar-refractivity contribution in [2.45, 2.75) is 0 Å². The predicted molar refractivity (Wildman–Crippen MR) is 80.2 cm³/mol. The van der Waals surface area contributed by atoms with Gasteiger partial charge in [0.05, 0.1) is 5.02 Å². The summed E-state index contributed by atoms with van der Waals surface area (Å²) in [7, 11) is 0. The first-order valence-corrected chi connectivity index (χ1v) is 6.53. The quantitative estimate of drug-likeness (QED) is 0.350. The van der Waals surface area contributed by atoms with E-state index in [-0.39, 0.29) is 0 Å². The van der Waals surface area contributed by atoms with Crippen LogP contribution in [-0.2, 0) is 0 Å². The average molecular weight is 271 g/mol. The van der Waals surface area contributed by atoms with Crippen molar-refractivity contribution in [3.8, 4) is 0 Å². The fourth-order valence-corrected chi connectivity index (χ4v) is 3.38. The second-order valence-electron chi connectivity index (χ2n) is 4.52. The Labute approximate surface area is 114 Å². The molecule has 0 atom stereocenters. The van der Waals surface area contributed by atoms with Gasteiger partial charge in [0.1, 0.15) is 0 Å². The first kappa shape index (κ1) is 10.4. The number of hydrogen-bond acceptors (Lipinski definition) is 0. The van der Waals surface area contributed by atoms with Gasteiger partial charge in [0.25, 0.3) is 0 Å². The number of benzene rings is 4. The minimum absolute atomic E-state index is 0.714. The third kappa shape index (κ3) is 1.22. The van der Waals surface area contributed by atoms with E-state index in [0.29, 0.717) is 5.02 Å². The van der Waals surface area contributed by atoms with Crippen molar-refractivity contribution in [3.05, 3.63) is 58.6 Å². The van der Waals surface area contributed by atoms with E-state index in [1.54, 1.807) is 0 Å². The summed E-state index contributed by atoms with van der Waals surface area (Å²) in [4.78, 5) is 0. The number of halogens is 2. The summed E-state index contributed by atoms with van der Waals surface area (Å²) in [5.41, 5.74) is 0. The van der Waals surface area contributed by atoms with Crippen molar-refractivity contribution in [1.29, 1.82) is 0 Å². The lowest BCUT2D eigenvalue weighted by atomic mass is 9.94. The molecule has 2 heteroatoms. The molecule has 0 spiro atoms. The van der Waals surface area contributed by atoms with Crippen LogP contribution >= 0.6 is 23.2 Å². The molecule has 4 rings (SSSR count). The lowest BCUT2D eigenvalue weighted by Gasteiger charge is -2.12. The molecule has 18 heavy (non-hydrogen) atoms. The molecular formula is C16H8Cl2. The molecule has 0 saturated carbocycles. The van der Waals surface area contributed by atoms with Crippen LogP contribution in [0.2, 0.25) is 10.0 Å². The molecule has 0 aliphatic carbocycles. The van der Waals surface area contributed by atoms with E-state index in [4.69, 9.17) is 23.2 Å². The van der Waals surface area contributed by atoms with Gasteiger partial charge < -0.3 is 0 Å². The molecule has 0 heterocycles. The lowest BCUT2D eigenvalue weighted by Crippen LogP contribution is -1.85. The first-order valence-electron chi connectivity index (χ1n) is 5.77. The predicted octanol–water partition coefficient (Wildman–Crippen LogP) is 5.89. The molecule has 0 amide bonds. The summed E-state index contributed by atoms with van der Waals surface area (Å²) in [5.74, 6) is 0. The minimum atomic E-state index is 0.714. The van der Waals surface area contributed by atoms with E-state index in [1.807, 2.05) is 18.2 Å². The van der Waals surface area contributed by atoms with Gasteiger partial charge in [-0.05, 0) is 33.7 Å². The van der Waals surface area contributed by atoms with Crippen molar-refractivity contribution in [2.75, 3.05) is 0 Å². The molecule has 0 bridgehead atoms. The van der Waals surface area contributed by atoms with Crippen LogP contribution in [0.25, 0.3) is 32.3 Å². The van der Waals surface area contributed by atoms with Gasteiger partial charge in [0.2, 0.25) is 0 Å². The maximum Gasteiger partial charge on any atom is 0.0506 e. The van der Waals surface area contributed by atoms with Gasteiger partial charge >= 0.3 is 0 Å². The molecule has 4 aromatic rings. The molecule has 0 fully saturated rings. The van der Waals surface area contributed by atoms with Crippen molar-refractivity contribution in [2.24, 2.45) is 0 Å². The van der Waals surface area contributed by atoms with E-state index in [2.05, 4.69) is 30.3 Å². The highest BCUT2D eigenvalue weighted by atomic mass is 35.5. The molecular weight excluding hydrogens is 263 g/mol. The number of rotatable bonds is 0. The Kier molecular flexibility index (Phi) is 2.03. The second-order valence-corrected chi connectivity index (χ2v) is 5.34. The fourth-order valence-electron chi connectivity index (χ4n) is 2.76. The van der Waals surface area contributed by atoms with E-state index in [0.717, 1.165) is 15.8 Å². The van der Waals surface area contributed by atoms with E-state index in [1.165, 1.54) is 21.5 Å². The zero-order valence-corrected chi connectivity index (χ0v) is 10.9. The summed E-state index contributed by atoms with van der Waals surface area (Å²) < 4.78 is 0. The third-order valence-corrected chi connectivity index (χ3v) is 4.14. The standard InChI is InChI=1S/C16H8Cl2/c17-12-7-6-10-5-4-9-2-1-3-11-8-13(18)16(12)15(10)14(9)11/h1-8H. The van der Waals surface area contributed by atoms with Crippen LogP contribution in [0.5, 0.6) is 0 Å². The van der Waals surface area contributed by atoms with Crippen LogP contribution in [0, 0.1) is 0 Å². The van der Waals surface area contributed by atoms with Crippen LogP contribution < -0.4 is 0 Å². The van der Waals surface area contributed by atoms with Crippen molar-refractivity contribution in [3.63, 3.8) is 0 Å². The van der Waals surface area contributed by atoms with Crippen LogP contribution in [0.4, 0.5) is 0 Å². The average Bonchev–Trinajstić information content (AvgIpc) is 2.38. The van der Waals surface area contributed by atoms with Crippen molar-refractivity contribution in [1.82, 2.24) is 0 Å². The van der Waals surface area contributed by atoms with Crippen LogP contribution in [0.3, 0.4) is 0 Å². The lowest BCUT2D eigenvalue weighted by molar-refractivity contribution is 1.78. The Bertz CT molecular complexity index is 894. The maximum atomic E-state index is 6.38. The van der Waals surface area contributed by atoms with Gasteiger partial charge in [-0.2, -0.15) is 0 Å². The highest BCUT2D eigenvalue weighted by Gasteiger charge is 2.12. The van der Waals surface area contributed by atoms with Crippen LogP contribution in [0.1, 0.15) is 0 Å². The summed E-state index contributed by atoms with van der Waals surface area (Å²) >= 11 is 12.7. The second kappa shape index (κ2) is 3.50. The van der Waals surface area contributed by atoms with Crippen LogP contribution in [0.15, 0.2) is 48.5 Å². The van der Waals surface area contributed by atoms with Crippen LogP contribution in [-0.4, -0.2) is 0 Å². The summed E-state index contributed by atoms with van der Waals surface area (Å²) in [6.07, 6.45) is 0. The fraction of sp³-hybridized carbons (Fsp3) is 0. The summed E-state index contributed by atoms with van der Waals surface area (Å²) in [6, 6.07) is 16.5. The molecule has 0 aliphatic heterocycles. The molecule has 86 valence electrons. The Balaban J connectivity index is 2.50. The molecule has 4 aromatic carbocycles. The number of hydrogen-bond donors (Lipinski definition) is 0.